The Morgan fingerprint density at radius 2 is 1.79 bits per heavy atom. The van der Waals surface area contributed by atoms with Crippen molar-refractivity contribution < 1.29 is 19.4 Å². The molecule has 0 aromatic rings. The van der Waals surface area contributed by atoms with Crippen molar-refractivity contribution in [3.05, 3.63) is 0 Å². The summed E-state index contributed by atoms with van der Waals surface area (Å²) in [5.41, 5.74) is 0. The van der Waals surface area contributed by atoms with Gasteiger partial charge in [-0.3, -0.25) is 4.79 Å². The number of aliphatic carboxylic acids is 1. The first-order chi connectivity index (χ1) is 8.73. The van der Waals surface area contributed by atoms with Gasteiger partial charge in [0, 0.05) is 20.1 Å². The Morgan fingerprint density at radius 1 is 1.21 bits per heavy atom. The summed E-state index contributed by atoms with van der Waals surface area (Å²) in [5, 5.41) is 8.84. The van der Waals surface area contributed by atoms with Crippen molar-refractivity contribution in [1.29, 1.82) is 0 Å². The lowest BCUT2D eigenvalue weighted by molar-refractivity contribution is -0.137. The van der Waals surface area contributed by atoms with E-state index in [1.54, 1.807) is 7.05 Å². The van der Waals surface area contributed by atoms with Crippen LogP contribution in [0, 0.1) is 5.92 Å². The summed E-state index contributed by atoms with van der Waals surface area (Å²) in [6.07, 6.45) is 0.120. The predicted molar refractivity (Wildman–Crippen MR) is 73.2 cm³/mol. The lowest BCUT2D eigenvalue weighted by Crippen LogP contribution is -2.46. The van der Waals surface area contributed by atoms with Gasteiger partial charge in [0.25, 0.3) is 0 Å². The standard InChI is InChI=1S/C13H26N2O4/c1-10(2)8-15(9-12(16)17)13(18)14(5)6-7-19-11(3)4/h10-11H,6-9H2,1-5H3,(H,16,17). The van der Waals surface area contributed by atoms with Gasteiger partial charge < -0.3 is 19.6 Å². The van der Waals surface area contributed by atoms with Crippen molar-refractivity contribution in [2.45, 2.75) is 33.8 Å². The van der Waals surface area contributed by atoms with Crippen LogP contribution in [-0.4, -0.2) is 66.3 Å². The zero-order valence-electron chi connectivity index (χ0n) is 12.5. The minimum atomic E-state index is -0.999. The van der Waals surface area contributed by atoms with E-state index in [0.717, 1.165) is 0 Å². The lowest BCUT2D eigenvalue weighted by Gasteiger charge is -2.28. The summed E-state index contributed by atoms with van der Waals surface area (Å²) in [5.74, 6) is -0.774. The Morgan fingerprint density at radius 3 is 2.21 bits per heavy atom. The smallest absolute Gasteiger partial charge is 0.323 e. The fourth-order valence-corrected chi connectivity index (χ4v) is 1.58. The molecule has 19 heavy (non-hydrogen) atoms. The minimum Gasteiger partial charge on any atom is -0.480 e. The highest BCUT2D eigenvalue weighted by Crippen LogP contribution is 2.03. The zero-order chi connectivity index (χ0) is 15.0. The minimum absolute atomic E-state index is 0.120. The molecule has 112 valence electrons. The van der Waals surface area contributed by atoms with Crippen LogP contribution in [-0.2, 0) is 9.53 Å². The summed E-state index contributed by atoms with van der Waals surface area (Å²) in [6, 6.07) is -0.275. The molecule has 6 heteroatoms. The molecule has 0 aliphatic heterocycles. The van der Waals surface area contributed by atoms with E-state index in [2.05, 4.69) is 0 Å². The Bertz CT molecular complexity index is 292. The normalized spacial score (nSPS) is 10.9. The molecule has 0 radical (unpaired) electrons. The molecule has 0 aromatic carbocycles. The Hall–Kier alpha value is -1.30. The summed E-state index contributed by atoms with van der Waals surface area (Å²) in [7, 11) is 1.65. The van der Waals surface area contributed by atoms with Gasteiger partial charge in [-0.2, -0.15) is 0 Å². The number of amides is 2. The van der Waals surface area contributed by atoms with E-state index in [-0.39, 0.29) is 24.6 Å². The fraction of sp³-hybridized carbons (Fsp3) is 0.846. The molecule has 0 saturated carbocycles. The predicted octanol–water partition coefficient (Wildman–Crippen LogP) is 1.51. The number of hydrogen-bond donors (Lipinski definition) is 1. The van der Waals surface area contributed by atoms with Crippen LogP contribution in [0.1, 0.15) is 27.7 Å². The van der Waals surface area contributed by atoms with Crippen LogP contribution in [0.5, 0.6) is 0 Å². The van der Waals surface area contributed by atoms with E-state index in [9.17, 15) is 9.59 Å². The molecule has 0 aliphatic carbocycles. The van der Waals surface area contributed by atoms with Crippen LogP contribution in [0.15, 0.2) is 0 Å². The Kier molecular flexibility index (Phi) is 8.14. The molecule has 0 atom stereocenters. The monoisotopic (exact) mass is 274 g/mol. The van der Waals surface area contributed by atoms with Crippen molar-refractivity contribution in [3.63, 3.8) is 0 Å². The van der Waals surface area contributed by atoms with Gasteiger partial charge in [-0.05, 0) is 19.8 Å². The number of carbonyl (C=O) groups is 2. The number of hydrogen-bond acceptors (Lipinski definition) is 3. The highest BCUT2D eigenvalue weighted by molar-refractivity contribution is 5.80. The molecule has 2 amide bonds. The second-order valence-corrected chi connectivity index (χ2v) is 5.29. The summed E-state index contributed by atoms with van der Waals surface area (Å²) in [4.78, 5) is 25.8. The molecule has 0 unspecified atom stereocenters. The molecule has 0 rings (SSSR count). The maximum absolute atomic E-state index is 12.1. The maximum atomic E-state index is 12.1. The van der Waals surface area contributed by atoms with Gasteiger partial charge in [0.2, 0.25) is 0 Å². The number of carbonyl (C=O) groups excluding carboxylic acids is 1. The molecular weight excluding hydrogens is 248 g/mol. The van der Waals surface area contributed by atoms with Gasteiger partial charge in [-0.25, -0.2) is 4.79 Å². The summed E-state index contributed by atoms with van der Waals surface area (Å²) < 4.78 is 5.38. The first-order valence-electron chi connectivity index (χ1n) is 6.57. The number of nitrogens with zero attached hydrogens (tertiary/aromatic N) is 2. The van der Waals surface area contributed by atoms with E-state index in [0.29, 0.717) is 19.7 Å². The number of carboxylic acids is 1. The molecule has 6 nitrogen and oxygen atoms in total. The molecule has 0 aromatic heterocycles. The van der Waals surface area contributed by atoms with E-state index >= 15 is 0 Å². The molecule has 0 spiro atoms. The van der Waals surface area contributed by atoms with E-state index in [4.69, 9.17) is 9.84 Å². The van der Waals surface area contributed by atoms with Crippen molar-refractivity contribution in [2.24, 2.45) is 5.92 Å². The molecule has 0 fully saturated rings. The van der Waals surface area contributed by atoms with E-state index < -0.39 is 5.97 Å². The van der Waals surface area contributed by atoms with Crippen molar-refractivity contribution in [1.82, 2.24) is 9.80 Å². The van der Waals surface area contributed by atoms with Crippen LogP contribution >= 0.6 is 0 Å². The van der Waals surface area contributed by atoms with Crippen LogP contribution in [0.25, 0.3) is 0 Å². The second kappa shape index (κ2) is 8.74. The van der Waals surface area contributed by atoms with Crippen LogP contribution in [0.3, 0.4) is 0 Å². The third kappa shape index (κ3) is 8.42. The summed E-state index contributed by atoms with van der Waals surface area (Å²) in [6.45, 7) is 8.81. The third-order valence-electron chi connectivity index (χ3n) is 2.39. The highest BCUT2D eigenvalue weighted by Gasteiger charge is 2.21. The van der Waals surface area contributed by atoms with E-state index in [1.807, 2.05) is 27.7 Å². The molecule has 0 saturated heterocycles. The van der Waals surface area contributed by atoms with Crippen LogP contribution in [0.2, 0.25) is 0 Å². The van der Waals surface area contributed by atoms with Crippen LogP contribution in [0.4, 0.5) is 4.79 Å². The number of likely N-dealkylation sites (N-methyl/N-ethyl adjacent to an activating group) is 1. The fourth-order valence-electron chi connectivity index (χ4n) is 1.58. The third-order valence-corrected chi connectivity index (χ3v) is 2.39. The van der Waals surface area contributed by atoms with Gasteiger partial charge >= 0.3 is 12.0 Å². The van der Waals surface area contributed by atoms with Crippen LogP contribution < -0.4 is 0 Å². The van der Waals surface area contributed by atoms with Gasteiger partial charge in [0.05, 0.1) is 12.7 Å². The number of carboxylic acid groups (broad SMARTS) is 1. The Balaban J connectivity index is 4.38. The second-order valence-electron chi connectivity index (χ2n) is 5.29. The van der Waals surface area contributed by atoms with Gasteiger partial charge in [0.1, 0.15) is 6.54 Å². The van der Waals surface area contributed by atoms with Crippen molar-refractivity contribution >= 4 is 12.0 Å². The average Bonchev–Trinajstić information content (AvgIpc) is 2.25. The molecule has 0 aliphatic rings. The molecular formula is C13H26N2O4. The number of ether oxygens (including phenoxy) is 1. The average molecular weight is 274 g/mol. The van der Waals surface area contributed by atoms with Crippen molar-refractivity contribution in [2.75, 3.05) is 33.3 Å². The maximum Gasteiger partial charge on any atom is 0.323 e. The number of urea groups is 1. The molecule has 0 heterocycles. The topological polar surface area (TPSA) is 70.1 Å². The first-order valence-corrected chi connectivity index (χ1v) is 6.57. The zero-order valence-corrected chi connectivity index (χ0v) is 12.5. The molecule has 0 bridgehead atoms. The largest absolute Gasteiger partial charge is 0.480 e. The summed E-state index contributed by atoms with van der Waals surface area (Å²) >= 11 is 0. The lowest BCUT2D eigenvalue weighted by atomic mass is 10.2. The highest BCUT2D eigenvalue weighted by atomic mass is 16.5. The van der Waals surface area contributed by atoms with Gasteiger partial charge in [-0.15, -0.1) is 0 Å². The van der Waals surface area contributed by atoms with E-state index in [1.165, 1.54) is 9.80 Å². The first kappa shape index (κ1) is 17.7. The Labute approximate surface area is 115 Å². The SMILES string of the molecule is CC(C)CN(CC(=O)O)C(=O)N(C)CCOC(C)C. The van der Waals surface area contributed by atoms with Gasteiger partial charge in [0.15, 0.2) is 0 Å². The van der Waals surface area contributed by atoms with Gasteiger partial charge in [-0.1, -0.05) is 13.8 Å². The number of rotatable bonds is 8. The quantitative estimate of drug-likeness (QED) is 0.728. The van der Waals surface area contributed by atoms with Crippen molar-refractivity contribution in [3.8, 4) is 0 Å². The molecule has 1 N–H and O–H groups in total.